The molecule has 0 aromatic heterocycles. The summed E-state index contributed by atoms with van der Waals surface area (Å²) < 4.78 is 29.2. The van der Waals surface area contributed by atoms with Gasteiger partial charge in [-0.05, 0) is 6.92 Å². The van der Waals surface area contributed by atoms with Crippen LogP contribution < -0.4 is 0 Å². The van der Waals surface area contributed by atoms with E-state index in [4.69, 9.17) is 5.11 Å². The van der Waals surface area contributed by atoms with Crippen molar-refractivity contribution in [2.75, 3.05) is 18.9 Å². The number of β-amino-alcohol motifs (C(OH)–C–C–N with tert-alkyl or cyclic N) is 1. The highest BCUT2D eigenvalue weighted by atomic mass is 32.2. The Morgan fingerprint density at radius 3 is 2.58 bits per heavy atom. The molecule has 1 heterocycles. The zero-order chi connectivity index (χ0) is 14.6. The second-order valence-corrected chi connectivity index (χ2v) is 6.23. The highest BCUT2D eigenvalue weighted by molar-refractivity contribution is 7.89. The molecule has 1 aliphatic heterocycles. The second-order valence-electron chi connectivity index (χ2n) is 4.18. The van der Waals surface area contributed by atoms with Crippen LogP contribution in [0.3, 0.4) is 0 Å². The second kappa shape index (κ2) is 6.31. The number of carbonyl (C=O) groups excluding carboxylic acids is 1. The normalized spacial score (nSPS) is 24.3. The topological polar surface area (TPSA) is 121 Å². The van der Waals surface area contributed by atoms with Gasteiger partial charge in [-0.25, -0.2) is 8.42 Å². The van der Waals surface area contributed by atoms with Gasteiger partial charge in [-0.15, -0.1) is 0 Å². The number of rotatable bonds is 6. The number of nitrogens with zero attached hydrogens (tertiary/aromatic N) is 1. The van der Waals surface area contributed by atoms with Gasteiger partial charge in [0.2, 0.25) is 10.0 Å². The number of hydrogen-bond donors (Lipinski definition) is 2. The predicted molar refractivity (Wildman–Crippen MR) is 63.8 cm³/mol. The maximum absolute atomic E-state index is 11.9. The molecule has 110 valence electrons. The van der Waals surface area contributed by atoms with Gasteiger partial charge < -0.3 is 14.9 Å². The smallest absolute Gasteiger partial charge is 0.322 e. The van der Waals surface area contributed by atoms with E-state index in [1.54, 1.807) is 6.92 Å². The molecular weight excluding hydrogens is 278 g/mol. The summed E-state index contributed by atoms with van der Waals surface area (Å²) in [7, 11) is -3.91. The Labute approximate surface area is 111 Å². The molecule has 2 atom stereocenters. The number of hydrogen-bond acceptors (Lipinski definition) is 6. The van der Waals surface area contributed by atoms with Crippen molar-refractivity contribution in [1.82, 2.24) is 4.31 Å². The van der Waals surface area contributed by atoms with E-state index in [1.807, 2.05) is 0 Å². The van der Waals surface area contributed by atoms with Crippen LogP contribution in [0, 0.1) is 0 Å². The quantitative estimate of drug-likeness (QED) is 0.590. The first-order valence-corrected chi connectivity index (χ1v) is 7.45. The van der Waals surface area contributed by atoms with Gasteiger partial charge in [0.05, 0.1) is 24.9 Å². The van der Waals surface area contributed by atoms with Gasteiger partial charge in [0.25, 0.3) is 0 Å². The Morgan fingerprint density at radius 1 is 1.42 bits per heavy atom. The van der Waals surface area contributed by atoms with Crippen molar-refractivity contribution in [3.63, 3.8) is 0 Å². The molecule has 0 aromatic rings. The lowest BCUT2D eigenvalue weighted by atomic mass is 10.2. The average Bonchev–Trinajstić information content (AvgIpc) is 2.70. The summed E-state index contributed by atoms with van der Waals surface area (Å²) in [5, 5.41) is 18.3. The summed E-state index contributed by atoms with van der Waals surface area (Å²) >= 11 is 0. The molecular formula is C10H17NO7S. The van der Waals surface area contributed by atoms with E-state index in [-0.39, 0.29) is 26.0 Å². The molecule has 0 bridgehead atoms. The lowest BCUT2D eigenvalue weighted by Crippen LogP contribution is -2.42. The number of esters is 1. The first-order chi connectivity index (χ1) is 8.77. The predicted octanol–water partition coefficient (Wildman–Crippen LogP) is -1.21. The van der Waals surface area contributed by atoms with Gasteiger partial charge in [0, 0.05) is 13.0 Å². The molecule has 1 unspecified atom stereocenters. The third kappa shape index (κ3) is 4.15. The van der Waals surface area contributed by atoms with Crippen LogP contribution in [0.2, 0.25) is 0 Å². The van der Waals surface area contributed by atoms with Gasteiger partial charge in [0.1, 0.15) is 6.04 Å². The Bertz CT molecular complexity index is 447. The number of ether oxygens (including phenoxy) is 1. The average molecular weight is 295 g/mol. The number of aliphatic hydroxyl groups excluding tert-OH is 1. The molecule has 0 radical (unpaired) electrons. The number of carboxylic acid groups (broad SMARTS) is 1. The zero-order valence-electron chi connectivity index (χ0n) is 10.5. The van der Waals surface area contributed by atoms with E-state index in [9.17, 15) is 23.1 Å². The molecule has 1 fully saturated rings. The molecule has 0 saturated carbocycles. The summed E-state index contributed by atoms with van der Waals surface area (Å²) in [6, 6.07) is -1.28. The number of carbonyl (C=O) groups is 2. The Hall–Kier alpha value is -1.19. The maximum atomic E-state index is 11.9. The first-order valence-electron chi connectivity index (χ1n) is 5.84. The molecule has 2 N–H and O–H groups in total. The fraction of sp³-hybridized carbons (Fsp3) is 0.800. The Kier molecular flexibility index (Phi) is 5.27. The molecule has 0 spiro atoms. The van der Waals surface area contributed by atoms with Gasteiger partial charge in [-0.2, -0.15) is 4.31 Å². The molecule has 19 heavy (non-hydrogen) atoms. The summed E-state index contributed by atoms with van der Waals surface area (Å²) in [6.45, 7) is 1.49. The van der Waals surface area contributed by atoms with Gasteiger partial charge in [0.15, 0.2) is 0 Å². The molecule has 1 rings (SSSR count). The van der Waals surface area contributed by atoms with E-state index >= 15 is 0 Å². The third-order valence-corrected chi connectivity index (χ3v) is 4.58. The van der Waals surface area contributed by atoms with E-state index in [2.05, 4.69) is 4.74 Å². The van der Waals surface area contributed by atoms with Crippen LogP contribution in [0.1, 0.15) is 19.8 Å². The summed E-state index contributed by atoms with van der Waals surface area (Å²) in [6.07, 6.45) is -1.48. The lowest BCUT2D eigenvalue weighted by molar-refractivity contribution is -0.142. The highest BCUT2D eigenvalue weighted by Gasteiger charge is 2.42. The zero-order valence-corrected chi connectivity index (χ0v) is 11.3. The van der Waals surface area contributed by atoms with E-state index in [0.717, 1.165) is 4.31 Å². The number of aliphatic hydroxyl groups is 1. The van der Waals surface area contributed by atoms with Crippen LogP contribution in [0.25, 0.3) is 0 Å². The van der Waals surface area contributed by atoms with Crippen LogP contribution in [0.15, 0.2) is 0 Å². The molecule has 1 aliphatic rings. The van der Waals surface area contributed by atoms with Crippen LogP contribution in [0.4, 0.5) is 0 Å². The first kappa shape index (κ1) is 15.9. The SMILES string of the molecule is CCOC(=O)CCS(=O)(=O)N1CC(O)C[C@H]1C(=O)O. The van der Waals surface area contributed by atoms with Crippen LogP contribution >= 0.6 is 0 Å². The van der Waals surface area contributed by atoms with Gasteiger partial charge in [-0.3, -0.25) is 9.59 Å². The van der Waals surface area contributed by atoms with Crippen molar-refractivity contribution in [2.24, 2.45) is 0 Å². The molecule has 0 aliphatic carbocycles. The third-order valence-electron chi connectivity index (χ3n) is 2.75. The minimum absolute atomic E-state index is 0.145. The maximum Gasteiger partial charge on any atom is 0.322 e. The standard InChI is InChI=1S/C10H17NO7S/c1-2-18-9(13)3-4-19(16,17)11-6-7(12)5-8(11)10(14)15/h7-8,12H,2-6H2,1H3,(H,14,15)/t7?,8-/m0/s1. The summed E-state index contributed by atoms with van der Waals surface area (Å²) in [5.74, 6) is -2.49. The molecule has 0 amide bonds. The van der Waals surface area contributed by atoms with E-state index in [0.29, 0.717) is 0 Å². The monoisotopic (exact) mass is 295 g/mol. The van der Waals surface area contributed by atoms with Crippen LogP contribution in [-0.4, -0.2) is 65.9 Å². The van der Waals surface area contributed by atoms with Gasteiger partial charge in [-0.1, -0.05) is 0 Å². The fourth-order valence-corrected chi connectivity index (χ4v) is 3.50. The van der Waals surface area contributed by atoms with Crippen molar-refractivity contribution in [3.8, 4) is 0 Å². The Morgan fingerprint density at radius 2 is 2.05 bits per heavy atom. The van der Waals surface area contributed by atoms with Crippen molar-refractivity contribution in [3.05, 3.63) is 0 Å². The minimum atomic E-state index is -3.91. The fourth-order valence-electron chi connectivity index (χ4n) is 1.88. The Balaban J connectivity index is 2.71. The van der Waals surface area contributed by atoms with Gasteiger partial charge >= 0.3 is 11.9 Å². The number of carboxylic acids is 1. The van der Waals surface area contributed by atoms with Crippen LogP contribution in [-0.2, 0) is 24.3 Å². The molecule has 8 nitrogen and oxygen atoms in total. The number of aliphatic carboxylic acids is 1. The summed E-state index contributed by atoms with van der Waals surface area (Å²) in [5.41, 5.74) is 0. The number of sulfonamides is 1. The highest BCUT2D eigenvalue weighted by Crippen LogP contribution is 2.22. The molecule has 9 heteroatoms. The molecule has 0 aromatic carbocycles. The van der Waals surface area contributed by atoms with Crippen molar-refractivity contribution >= 4 is 22.0 Å². The van der Waals surface area contributed by atoms with Crippen molar-refractivity contribution in [1.29, 1.82) is 0 Å². The van der Waals surface area contributed by atoms with Crippen molar-refractivity contribution < 1.29 is 33.0 Å². The lowest BCUT2D eigenvalue weighted by Gasteiger charge is -2.20. The van der Waals surface area contributed by atoms with Crippen molar-refractivity contribution in [2.45, 2.75) is 31.9 Å². The van der Waals surface area contributed by atoms with E-state index in [1.165, 1.54) is 0 Å². The largest absolute Gasteiger partial charge is 0.480 e. The minimum Gasteiger partial charge on any atom is -0.480 e. The van der Waals surface area contributed by atoms with E-state index < -0.39 is 39.9 Å². The van der Waals surface area contributed by atoms with Crippen LogP contribution in [0.5, 0.6) is 0 Å². The molecule has 1 saturated heterocycles. The summed E-state index contributed by atoms with van der Waals surface area (Å²) in [4.78, 5) is 22.0.